The van der Waals surface area contributed by atoms with Crippen molar-refractivity contribution >= 4 is 17.5 Å². The van der Waals surface area contributed by atoms with Crippen molar-refractivity contribution in [2.24, 2.45) is 0 Å². The summed E-state index contributed by atoms with van der Waals surface area (Å²) in [5.74, 6) is -0.0479. The molecule has 1 atom stereocenters. The third kappa shape index (κ3) is 5.97. The van der Waals surface area contributed by atoms with E-state index in [0.29, 0.717) is 32.7 Å². The second-order valence-electron chi connectivity index (χ2n) is 3.19. The van der Waals surface area contributed by atoms with Crippen LogP contribution in [-0.4, -0.2) is 56.7 Å². The van der Waals surface area contributed by atoms with Crippen molar-refractivity contribution in [1.82, 2.24) is 4.90 Å². The fraction of sp³-hybridized carbons (Fsp3) is 0.900. The normalized spacial score (nSPS) is 12.5. The summed E-state index contributed by atoms with van der Waals surface area (Å²) in [5, 5.41) is -0.446. The summed E-state index contributed by atoms with van der Waals surface area (Å²) in [6.07, 6.45) is 0.636. The van der Waals surface area contributed by atoms with Crippen LogP contribution >= 0.6 is 11.6 Å². The van der Waals surface area contributed by atoms with E-state index in [9.17, 15) is 4.79 Å². The minimum Gasteiger partial charge on any atom is -0.383 e. The molecule has 0 saturated carbocycles. The summed E-state index contributed by atoms with van der Waals surface area (Å²) in [4.78, 5) is 13.4. The lowest BCUT2D eigenvalue weighted by Gasteiger charge is -2.23. The summed E-state index contributed by atoms with van der Waals surface area (Å²) >= 11 is 5.90. The van der Waals surface area contributed by atoms with Gasteiger partial charge in [0.15, 0.2) is 0 Å². The molecule has 0 aliphatic rings. The van der Waals surface area contributed by atoms with Gasteiger partial charge < -0.3 is 14.4 Å². The Bertz CT molecular complexity index is 170. The standard InChI is InChI=1S/C10H20ClNO3/c1-4-9(11)10(13)12(5-7-14-2)6-8-15-3/h9H,4-8H2,1-3H3. The van der Waals surface area contributed by atoms with Crippen LogP contribution in [-0.2, 0) is 14.3 Å². The summed E-state index contributed by atoms with van der Waals surface area (Å²) in [7, 11) is 3.22. The molecule has 0 heterocycles. The van der Waals surface area contributed by atoms with Gasteiger partial charge in [0.1, 0.15) is 5.38 Å². The van der Waals surface area contributed by atoms with Gasteiger partial charge in [-0.05, 0) is 6.42 Å². The number of hydrogen-bond acceptors (Lipinski definition) is 3. The molecule has 15 heavy (non-hydrogen) atoms. The van der Waals surface area contributed by atoms with Crippen molar-refractivity contribution < 1.29 is 14.3 Å². The van der Waals surface area contributed by atoms with Crippen LogP contribution in [0.25, 0.3) is 0 Å². The molecule has 0 aliphatic heterocycles. The van der Waals surface area contributed by atoms with Crippen molar-refractivity contribution in [1.29, 1.82) is 0 Å². The van der Waals surface area contributed by atoms with Crippen LogP contribution in [0.15, 0.2) is 0 Å². The lowest BCUT2D eigenvalue weighted by molar-refractivity contribution is -0.132. The van der Waals surface area contributed by atoms with Gasteiger partial charge in [0, 0.05) is 27.3 Å². The molecule has 0 aromatic carbocycles. The molecule has 0 fully saturated rings. The quantitative estimate of drug-likeness (QED) is 0.594. The van der Waals surface area contributed by atoms with E-state index in [1.165, 1.54) is 0 Å². The molecular weight excluding hydrogens is 218 g/mol. The Hall–Kier alpha value is -0.320. The maximum Gasteiger partial charge on any atom is 0.240 e. The van der Waals surface area contributed by atoms with E-state index in [2.05, 4.69) is 0 Å². The van der Waals surface area contributed by atoms with Crippen LogP contribution in [0.5, 0.6) is 0 Å². The van der Waals surface area contributed by atoms with Crippen LogP contribution in [0.1, 0.15) is 13.3 Å². The number of ether oxygens (including phenoxy) is 2. The number of rotatable bonds is 8. The van der Waals surface area contributed by atoms with E-state index in [1.807, 2.05) is 6.92 Å². The molecule has 0 radical (unpaired) electrons. The highest BCUT2D eigenvalue weighted by Gasteiger charge is 2.20. The average Bonchev–Trinajstić information content (AvgIpc) is 2.27. The molecule has 0 aromatic heterocycles. The first kappa shape index (κ1) is 14.7. The van der Waals surface area contributed by atoms with E-state index in [1.54, 1.807) is 19.1 Å². The number of methoxy groups -OCH3 is 2. The van der Waals surface area contributed by atoms with Gasteiger partial charge in [0.2, 0.25) is 5.91 Å². The molecule has 5 heteroatoms. The van der Waals surface area contributed by atoms with Crippen molar-refractivity contribution in [2.45, 2.75) is 18.7 Å². The number of carbonyl (C=O) groups is 1. The first-order valence-corrected chi connectivity index (χ1v) is 5.51. The average molecular weight is 238 g/mol. The lowest BCUT2D eigenvalue weighted by atomic mass is 10.3. The fourth-order valence-electron chi connectivity index (χ4n) is 1.11. The Morgan fingerprint density at radius 3 is 2.07 bits per heavy atom. The molecule has 0 aliphatic carbocycles. The molecule has 0 rings (SSSR count). The molecule has 4 nitrogen and oxygen atoms in total. The number of amides is 1. The number of nitrogens with zero attached hydrogens (tertiary/aromatic N) is 1. The van der Waals surface area contributed by atoms with Gasteiger partial charge in [-0.1, -0.05) is 6.92 Å². The van der Waals surface area contributed by atoms with Gasteiger partial charge >= 0.3 is 0 Å². The summed E-state index contributed by atoms with van der Waals surface area (Å²) in [5.41, 5.74) is 0. The first-order chi connectivity index (χ1) is 7.17. The minimum absolute atomic E-state index is 0.0479. The molecular formula is C10H20ClNO3. The van der Waals surface area contributed by atoms with Crippen molar-refractivity contribution in [3.8, 4) is 0 Å². The second-order valence-corrected chi connectivity index (χ2v) is 3.71. The molecule has 0 saturated heterocycles. The Morgan fingerprint density at radius 2 is 1.73 bits per heavy atom. The summed E-state index contributed by atoms with van der Waals surface area (Å²) in [6, 6.07) is 0. The number of alkyl halides is 1. The summed E-state index contributed by atoms with van der Waals surface area (Å²) < 4.78 is 9.88. The van der Waals surface area contributed by atoms with Gasteiger partial charge in [0.05, 0.1) is 13.2 Å². The largest absolute Gasteiger partial charge is 0.383 e. The highest BCUT2D eigenvalue weighted by atomic mass is 35.5. The molecule has 0 spiro atoms. The smallest absolute Gasteiger partial charge is 0.240 e. The zero-order chi connectivity index (χ0) is 11.7. The monoisotopic (exact) mass is 237 g/mol. The second kappa shape index (κ2) is 8.95. The fourth-order valence-corrected chi connectivity index (χ4v) is 1.25. The molecule has 1 amide bonds. The Labute approximate surface area is 96.5 Å². The molecule has 0 bridgehead atoms. The van der Waals surface area contributed by atoms with Gasteiger partial charge in [-0.3, -0.25) is 4.79 Å². The van der Waals surface area contributed by atoms with E-state index < -0.39 is 5.38 Å². The van der Waals surface area contributed by atoms with Crippen molar-refractivity contribution in [2.75, 3.05) is 40.5 Å². The van der Waals surface area contributed by atoms with Gasteiger partial charge in [-0.15, -0.1) is 11.6 Å². The van der Waals surface area contributed by atoms with E-state index in [4.69, 9.17) is 21.1 Å². The maximum absolute atomic E-state index is 11.8. The highest BCUT2D eigenvalue weighted by Crippen LogP contribution is 2.06. The van der Waals surface area contributed by atoms with Gasteiger partial charge in [-0.2, -0.15) is 0 Å². The van der Waals surface area contributed by atoms with E-state index in [-0.39, 0.29) is 5.91 Å². The van der Waals surface area contributed by atoms with E-state index in [0.717, 1.165) is 0 Å². The molecule has 0 aromatic rings. The highest BCUT2D eigenvalue weighted by molar-refractivity contribution is 6.30. The first-order valence-electron chi connectivity index (χ1n) is 5.08. The third-order valence-corrected chi connectivity index (χ3v) is 2.56. The van der Waals surface area contributed by atoms with E-state index >= 15 is 0 Å². The molecule has 1 unspecified atom stereocenters. The number of carbonyl (C=O) groups excluding carboxylic acids is 1. The van der Waals surface area contributed by atoms with Crippen molar-refractivity contribution in [3.05, 3.63) is 0 Å². The zero-order valence-corrected chi connectivity index (χ0v) is 10.4. The Morgan fingerprint density at radius 1 is 1.27 bits per heavy atom. The predicted octanol–water partition coefficient (Wildman–Crippen LogP) is 1.13. The number of halogens is 1. The van der Waals surface area contributed by atoms with Crippen molar-refractivity contribution in [3.63, 3.8) is 0 Å². The minimum atomic E-state index is -0.446. The summed E-state index contributed by atoms with van der Waals surface area (Å²) in [6.45, 7) is 4.04. The Balaban J connectivity index is 4.13. The van der Waals surface area contributed by atoms with Gasteiger partial charge in [0.25, 0.3) is 0 Å². The topological polar surface area (TPSA) is 38.8 Å². The zero-order valence-electron chi connectivity index (χ0n) is 9.66. The SMILES string of the molecule is CCC(Cl)C(=O)N(CCOC)CCOC. The third-order valence-electron chi connectivity index (χ3n) is 2.07. The predicted molar refractivity (Wildman–Crippen MR) is 60.3 cm³/mol. The lowest BCUT2D eigenvalue weighted by Crippen LogP contribution is -2.40. The molecule has 0 N–H and O–H groups in total. The van der Waals surface area contributed by atoms with Crippen LogP contribution < -0.4 is 0 Å². The number of hydrogen-bond donors (Lipinski definition) is 0. The van der Waals surface area contributed by atoms with Crippen LogP contribution in [0.2, 0.25) is 0 Å². The molecule has 90 valence electrons. The van der Waals surface area contributed by atoms with Gasteiger partial charge in [-0.25, -0.2) is 0 Å². The van der Waals surface area contributed by atoms with Crippen LogP contribution in [0.4, 0.5) is 0 Å². The van der Waals surface area contributed by atoms with Crippen LogP contribution in [0.3, 0.4) is 0 Å². The Kier molecular flexibility index (Phi) is 8.76. The van der Waals surface area contributed by atoms with Crippen LogP contribution in [0, 0.1) is 0 Å². The maximum atomic E-state index is 11.8.